The summed E-state index contributed by atoms with van der Waals surface area (Å²) in [6, 6.07) is 17.2. The van der Waals surface area contributed by atoms with Crippen LogP contribution in [0.3, 0.4) is 0 Å². The molecule has 1 saturated heterocycles. The van der Waals surface area contributed by atoms with Crippen molar-refractivity contribution in [3.05, 3.63) is 65.7 Å². The zero-order chi connectivity index (χ0) is 20.1. The first-order chi connectivity index (χ1) is 13.5. The first-order valence-electron chi connectivity index (χ1n) is 9.54. The van der Waals surface area contributed by atoms with Crippen molar-refractivity contribution in [2.75, 3.05) is 20.8 Å². The molecule has 0 spiro atoms. The number of nitrogens with zero attached hydrogens (tertiary/aromatic N) is 1. The maximum atomic E-state index is 13.2. The third-order valence-electron chi connectivity index (χ3n) is 5.58. The van der Waals surface area contributed by atoms with Gasteiger partial charge in [0, 0.05) is 17.6 Å². The Labute approximate surface area is 166 Å². The highest BCUT2D eigenvalue weighted by Gasteiger charge is 2.43. The summed E-state index contributed by atoms with van der Waals surface area (Å²) in [5.74, 6) is 0.392. The molecular weight excluding hydrogens is 354 g/mol. The van der Waals surface area contributed by atoms with Gasteiger partial charge in [-0.25, -0.2) is 0 Å². The number of benzene rings is 2. The molecule has 0 radical (unpaired) electrons. The van der Waals surface area contributed by atoms with Crippen molar-refractivity contribution in [1.82, 2.24) is 4.90 Å². The zero-order valence-electron chi connectivity index (χ0n) is 16.7. The Hall–Kier alpha value is -2.82. The molecule has 2 aromatic rings. The van der Waals surface area contributed by atoms with Crippen LogP contribution < -0.4 is 4.74 Å². The van der Waals surface area contributed by atoms with Crippen molar-refractivity contribution in [3.8, 4) is 5.75 Å². The molecule has 1 aliphatic heterocycles. The largest absolute Gasteiger partial charge is 0.497 e. The van der Waals surface area contributed by atoms with E-state index in [1.54, 1.807) is 7.11 Å². The maximum Gasteiger partial charge on any atom is 0.308 e. The van der Waals surface area contributed by atoms with Gasteiger partial charge in [-0.05, 0) is 56.0 Å². The summed E-state index contributed by atoms with van der Waals surface area (Å²) in [5, 5.41) is 0. The fourth-order valence-electron chi connectivity index (χ4n) is 4.10. The minimum atomic E-state index is -0.487. The summed E-state index contributed by atoms with van der Waals surface area (Å²) < 4.78 is 10.2. The summed E-state index contributed by atoms with van der Waals surface area (Å²) in [5.41, 5.74) is 1.28. The van der Waals surface area contributed by atoms with Crippen molar-refractivity contribution in [2.24, 2.45) is 5.92 Å². The molecule has 0 bridgehead atoms. The fraction of sp³-hybridized carbons (Fsp3) is 0.391. The lowest BCUT2D eigenvalue weighted by molar-refractivity contribution is -0.148. The van der Waals surface area contributed by atoms with Crippen LogP contribution in [-0.2, 0) is 16.0 Å². The molecule has 0 saturated carbocycles. The number of rotatable bonds is 5. The van der Waals surface area contributed by atoms with Gasteiger partial charge in [-0.1, -0.05) is 30.3 Å². The molecule has 148 valence electrons. The number of carbonyl (C=O) groups excluding carboxylic acids is 2. The molecule has 3 rings (SSSR count). The van der Waals surface area contributed by atoms with Gasteiger partial charge in [0.2, 0.25) is 0 Å². The SMILES string of the molecule is COC(=O)C1CCN(C(=O)c2ccccc2)C(C)(Cc2ccc(OC)cc2)C1. The van der Waals surface area contributed by atoms with Crippen LogP contribution in [0, 0.1) is 5.92 Å². The molecule has 1 amide bonds. The van der Waals surface area contributed by atoms with Crippen LogP contribution in [0.4, 0.5) is 0 Å². The van der Waals surface area contributed by atoms with Crippen molar-refractivity contribution in [2.45, 2.75) is 31.7 Å². The summed E-state index contributed by atoms with van der Waals surface area (Å²) in [6.45, 7) is 2.59. The predicted molar refractivity (Wildman–Crippen MR) is 107 cm³/mol. The number of amides is 1. The monoisotopic (exact) mass is 381 g/mol. The molecule has 5 heteroatoms. The first-order valence-corrected chi connectivity index (χ1v) is 9.54. The number of hydrogen-bond donors (Lipinski definition) is 0. The molecule has 1 heterocycles. The number of piperidine rings is 1. The van der Waals surface area contributed by atoms with E-state index in [4.69, 9.17) is 9.47 Å². The van der Waals surface area contributed by atoms with E-state index in [1.165, 1.54) is 7.11 Å². The van der Waals surface area contributed by atoms with Gasteiger partial charge in [-0.2, -0.15) is 0 Å². The molecule has 1 fully saturated rings. The Kier molecular flexibility index (Phi) is 6.02. The molecule has 2 unspecified atom stereocenters. The normalized spacial score (nSPS) is 21.8. The van der Waals surface area contributed by atoms with E-state index >= 15 is 0 Å². The van der Waals surface area contributed by atoms with Crippen LogP contribution in [0.15, 0.2) is 54.6 Å². The molecule has 0 aliphatic carbocycles. The second kappa shape index (κ2) is 8.46. The van der Waals surface area contributed by atoms with Gasteiger partial charge >= 0.3 is 5.97 Å². The Morgan fingerprint density at radius 2 is 1.75 bits per heavy atom. The van der Waals surface area contributed by atoms with Crippen molar-refractivity contribution in [1.29, 1.82) is 0 Å². The Balaban J connectivity index is 1.90. The van der Waals surface area contributed by atoms with E-state index in [-0.39, 0.29) is 17.8 Å². The number of hydrogen-bond acceptors (Lipinski definition) is 4. The molecular formula is C23H27NO4. The second-order valence-corrected chi connectivity index (χ2v) is 7.56. The third kappa shape index (κ3) is 4.19. The number of ether oxygens (including phenoxy) is 2. The number of likely N-dealkylation sites (tertiary alicyclic amines) is 1. The molecule has 2 atom stereocenters. The summed E-state index contributed by atoms with van der Waals surface area (Å²) in [7, 11) is 3.06. The fourth-order valence-corrected chi connectivity index (χ4v) is 4.10. The minimum Gasteiger partial charge on any atom is -0.497 e. The Morgan fingerprint density at radius 3 is 2.36 bits per heavy atom. The van der Waals surface area contributed by atoms with Crippen molar-refractivity contribution in [3.63, 3.8) is 0 Å². The molecule has 2 aromatic carbocycles. The molecule has 28 heavy (non-hydrogen) atoms. The Morgan fingerprint density at radius 1 is 1.07 bits per heavy atom. The molecule has 1 aliphatic rings. The predicted octanol–water partition coefficient (Wildman–Crippen LogP) is 3.72. The van der Waals surface area contributed by atoms with Crippen LogP contribution in [0.25, 0.3) is 0 Å². The Bertz CT molecular complexity index is 818. The standard InChI is InChI=1S/C23H27NO4/c1-23(15-17-9-11-20(27-2)12-10-17)16-19(22(26)28-3)13-14-24(23)21(25)18-7-5-4-6-8-18/h4-12,19H,13-16H2,1-3H3. The van der Waals surface area contributed by atoms with Crippen molar-refractivity contribution < 1.29 is 19.1 Å². The van der Waals surface area contributed by atoms with Gasteiger partial charge in [0.15, 0.2) is 0 Å². The van der Waals surface area contributed by atoms with Gasteiger partial charge in [-0.15, -0.1) is 0 Å². The minimum absolute atomic E-state index is 0.0000671. The molecule has 0 aromatic heterocycles. The average molecular weight is 381 g/mol. The quantitative estimate of drug-likeness (QED) is 0.741. The number of methoxy groups -OCH3 is 2. The van der Waals surface area contributed by atoms with Crippen LogP contribution in [0.1, 0.15) is 35.7 Å². The summed E-state index contributed by atoms with van der Waals surface area (Å²) in [6.07, 6.45) is 1.84. The lowest BCUT2D eigenvalue weighted by Gasteiger charge is -2.47. The van der Waals surface area contributed by atoms with Crippen LogP contribution in [0.5, 0.6) is 5.75 Å². The van der Waals surface area contributed by atoms with E-state index in [2.05, 4.69) is 6.92 Å². The second-order valence-electron chi connectivity index (χ2n) is 7.56. The highest BCUT2D eigenvalue weighted by molar-refractivity contribution is 5.95. The summed E-state index contributed by atoms with van der Waals surface area (Å²) >= 11 is 0. The summed E-state index contributed by atoms with van der Waals surface area (Å²) in [4.78, 5) is 27.4. The third-order valence-corrected chi connectivity index (χ3v) is 5.58. The van der Waals surface area contributed by atoms with E-state index in [1.807, 2.05) is 59.5 Å². The first kappa shape index (κ1) is 19.9. The topological polar surface area (TPSA) is 55.8 Å². The lowest BCUT2D eigenvalue weighted by Crippen LogP contribution is -2.57. The zero-order valence-corrected chi connectivity index (χ0v) is 16.7. The van der Waals surface area contributed by atoms with Crippen molar-refractivity contribution >= 4 is 11.9 Å². The highest BCUT2D eigenvalue weighted by atomic mass is 16.5. The van der Waals surface area contributed by atoms with E-state index < -0.39 is 5.54 Å². The lowest BCUT2D eigenvalue weighted by atomic mass is 9.77. The van der Waals surface area contributed by atoms with Gasteiger partial charge in [0.05, 0.1) is 20.1 Å². The van der Waals surface area contributed by atoms with Gasteiger partial charge in [0.25, 0.3) is 5.91 Å². The highest BCUT2D eigenvalue weighted by Crippen LogP contribution is 2.36. The molecule has 0 N–H and O–H groups in total. The van der Waals surface area contributed by atoms with Crippen LogP contribution in [0.2, 0.25) is 0 Å². The van der Waals surface area contributed by atoms with E-state index in [0.717, 1.165) is 11.3 Å². The average Bonchev–Trinajstić information content (AvgIpc) is 2.73. The van der Waals surface area contributed by atoms with Gasteiger partial charge in [0.1, 0.15) is 5.75 Å². The molecule has 5 nitrogen and oxygen atoms in total. The smallest absolute Gasteiger partial charge is 0.308 e. The van der Waals surface area contributed by atoms with Crippen LogP contribution >= 0.6 is 0 Å². The van der Waals surface area contributed by atoms with Gasteiger partial charge in [-0.3, -0.25) is 9.59 Å². The van der Waals surface area contributed by atoms with E-state index in [0.29, 0.717) is 31.4 Å². The van der Waals surface area contributed by atoms with E-state index in [9.17, 15) is 9.59 Å². The van der Waals surface area contributed by atoms with Gasteiger partial charge < -0.3 is 14.4 Å². The number of esters is 1. The number of carbonyl (C=O) groups is 2. The maximum absolute atomic E-state index is 13.2. The van der Waals surface area contributed by atoms with Crippen LogP contribution in [-0.4, -0.2) is 43.1 Å².